The summed E-state index contributed by atoms with van der Waals surface area (Å²) >= 11 is 0. The van der Waals surface area contributed by atoms with Gasteiger partial charge in [-0.05, 0) is 29.4 Å². The van der Waals surface area contributed by atoms with E-state index in [1.807, 2.05) is 23.1 Å². The summed E-state index contributed by atoms with van der Waals surface area (Å²) < 4.78 is 0. The number of likely N-dealkylation sites (tertiary alicyclic amines) is 1. The molecule has 1 saturated heterocycles. The Bertz CT molecular complexity index is 514. The molecule has 0 aliphatic carbocycles. The molecule has 1 amide bonds. The van der Waals surface area contributed by atoms with Gasteiger partial charge in [0.15, 0.2) is 0 Å². The van der Waals surface area contributed by atoms with Crippen LogP contribution in [0, 0.1) is 5.41 Å². The lowest BCUT2D eigenvalue weighted by molar-refractivity contribution is -0.134. The van der Waals surface area contributed by atoms with Crippen LogP contribution in [0.1, 0.15) is 51.2 Å². The van der Waals surface area contributed by atoms with Gasteiger partial charge in [0.05, 0.1) is 6.61 Å². The summed E-state index contributed by atoms with van der Waals surface area (Å²) in [6.07, 6.45) is 2.61. The van der Waals surface area contributed by atoms with Gasteiger partial charge in [-0.3, -0.25) is 4.79 Å². The molecule has 1 fully saturated rings. The Kier molecular flexibility index (Phi) is 6.19. The smallest absolute Gasteiger partial charge is 0.223 e. The number of rotatable bonds is 5. The van der Waals surface area contributed by atoms with E-state index in [0.29, 0.717) is 12.5 Å². The first-order valence-corrected chi connectivity index (χ1v) is 8.58. The Morgan fingerprint density at radius 2 is 1.83 bits per heavy atom. The average Bonchev–Trinajstić information content (AvgIpc) is 2.52. The fourth-order valence-electron chi connectivity index (χ4n) is 3.04. The minimum Gasteiger partial charge on any atom is -0.392 e. The summed E-state index contributed by atoms with van der Waals surface area (Å²) in [7, 11) is 0. The van der Waals surface area contributed by atoms with Crippen molar-refractivity contribution < 1.29 is 9.90 Å². The highest BCUT2D eigenvalue weighted by molar-refractivity contribution is 5.76. The Labute approximate surface area is 139 Å². The maximum absolute atomic E-state index is 12.3. The molecule has 128 valence electrons. The molecule has 0 radical (unpaired) electrons. The fourth-order valence-corrected chi connectivity index (χ4v) is 3.04. The van der Waals surface area contributed by atoms with E-state index in [1.54, 1.807) is 0 Å². The second-order valence-electron chi connectivity index (χ2n) is 7.70. The Morgan fingerprint density at radius 1 is 1.22 bits per heavy atom. The zero-order valence-corrected chi connectivity index (χ0v) is 14.6. The van der Waals surface area contributed by atoms with Gasteiger partial charge < -0.3 is 15.3 Å². The number of amides is 1. The number of aliphatic hydroxyl groups excluding tert-OH is 1. The molecule has 0 bridgehead atoms. The third kappa shape index (κ3) is 5.63. The normalized spacial score (nSPS) is 16.6. The van der Waals surface area contributed by atoms with Gasteiger partial charge in [-0.2, -0.15) is 0 Å². The summed E-state index contributed by atoms with van der Waals surface area (Å²) in [6, 6.07) is 8.42. The van der Waals surface area contributed by atoms with E-state index in [9.17, 15) is 9.90 Å². The Hall–Kier alpha value is -1.39. The van der Waals surface area contributed by atoms with Crippen molar-refractivity contribution >= 4 is 5.91 Å². The van der Waals surface area contributed by atoms with E-state index in [0.717, 1.165) is 43.6 Å². The molecule has 0 spiro atoms. The number of carbonyl (C=O) groups is 1. The maximum atomic E-state index is 12.3. The highest BCUT2D eigenvalue weighted by atomic mass is 16.3. The van der Waals surface area contributed by atoms with Crippen LogP contribution in [0.4, 0.5) is 0 Å². The molecule has 23 heavy (non-hydrogen) atoms. The molecule has 4 heteroatoms. The summed E-state index contributed by atoms with van der Waals surface area (Å²) in [6.45, 7) is 8.87. The molecule has 0 atom stereocenters. The first kappa shape index (κ1) is 18.0. The second-order valence-corrected chi connectivity index (χ2v) is 7.70. The molecule has 1 heterocycles. The zero-order chi connectivity index (χ0) is 16.9. The summed E-state index contributed by atoms with van der Waals surface area (Å²) in [5.74, 6) is 0.279. The van der Waals surface area contributed by atoms with Gasteiger partial charge in [-0.25, -0.2) is 0 Å². The van der Waals surface area contributed by atoms with Gasteiger partial charge in [-0.15, -0.1) is 0 Å². The number of nitrogens with one attached hydrogen (secondary N) is 1. The van der Waals surface area contributed by atoms with Gasteiger partial charge in [0.1, 0.15) is 0 Å². The minimum absolute atomic E-state index is 0.0557. The van der Waals surface area contributed by atoms with Crippen molar-refractivity contribution in [2.24, 2.45) is 5.41 Å². The number of aliphatic hydroxyl groups is 1. The van der Waals surface area contributed by atoms with Crippen LogP contribution < -0.4 is 5.32 Å². The molecule has 4 nitrogen and oxygen atoms in total. The highest BCUT2D eigenvalue weighted by Crippen LogP contribution is 2.22. The first-order valence-electron chi connectivity index (χ1n) is 8.58. The van der Waals surface area contributed by atoms with Crippen LogP contribution in [0.15, 0.2) is 24.3 Å². The van der Waals surface area contributed by atoms with Crippen molar-refractivity contribution in [1.82, 2.24) is 10.2 Å². The molecule has 0 aromatic heterocycles. The largest absolute Gasteiger partial charge is 0.392 e. The molecule has 0 saturated carbocycles. The van der Waals surface area contributed by atoms with Crippen molar-refractivity contribution in [2.75, 3.05) is 13.1 Å². The van der Waals surface area contributed by atoms with E-state index in [1.165, 1.54) is 0 Å². The summed E-state index contributed by atoms with van der Waals surface area (Å²) in [4.78, 5) is 14.3. The minimum atomic E-state index is 0.0557. The molecule has 0 unspecified atom stereocenters. The van der Waals surface area contributed by atoms with Crippen LogP contribution in [0.3, 0.4) is 0 Å². The van der Waals surface area contributed by atoms with Crippen LogP contribution >= 0.6 is 0 Å². The molecule has 2 rings (SSSR count). The number of hydrogen-bond acceptors (Lipinski definition) is 3. The third-order valence-electron chi connectivity index (χ3n) is 4.40. The van der Waals surface area contributed by atoms with E-state index in [4.69, 9.17) is 0 Å². The van der Waals surface area contributed by atoms with Gasteiger partial charge in [0.25, 0.3) is 0 Å². The first-order chi connectivity index (χ1) is 10.9. The van der Waals surface area contributed by atoms with Crippen LogP contribution in [0.2, 0.25) is 0 Å². The number of nitrogens with zero attached hydrogens (tertiary/aromatic N) is 1. The lowest BCUT2D eigenvalue weighted by atomic mass is 9.91. The fraction of sp³-hybridized carbons (Fsp3) is 0.632. The van der Waals surface area contributed by atoms with E-state index >= 15 is 0 Å². The van der Waals surface area contributed by atoms with E-state index in [2.05, 4.69) is 32.2 Å². The van der Waals surface area contributed by atoms with E-state index < -0.39 is 0 Å². The van der Waals surface area contributed by atoms with E-state index in [-0.39, 0.29) is 17.9 Å². The summed E-state index contributed by atoms with van der Waals surface area (Å²) in [5, 5.41) is 12.9. The predicted molar refractivity (Wildman–Crippen MR) is 92.9 cm³/mol. The van der Waals surface area contributed by atoms with Crippen molar-refractivity contribution in [2.45, 2.75) is 59.2 Å². The summed E-state index contributed by atoms with van der Waals surface area (Å²) in [5.41, 5.74) is 2.19. The number of benzene rings is 1. The van der Waals surface area contributed by atoms with Crippen LogP contribution in [0.25, 0.3) is 0 Å². The highest BCUT2D eigenvalue weighted by Gasteiger charge is 2.25. The molecule has 1 aromatic carbocycles. The van der Waals surface area contributed by atoms with Crippen molar-refractivity contribution in [3.8, 4) is 0 Å². The van der Waals surface area contributed by atoms with Crippen molar-refractivity contribution in [1.29, 1.82) is 0 Å². The topological polar surface area (TPSA) is 52.6 Å². The zero-order valence-electron chi connectivity index (χ0n) is 14.6. The molecular weight excluding hydrogens is 288 g/mol. The lowest BCUT2D eigenvalue weighted by Gasteiger charge is -2.34. The van der Waals surface area contributed by atoms with Gasteiger partial charge in [0.2, 0.25) is 5.91 Å². The average molecular weight is 318 g/mol. The van der Waals surface area contributed by atoms with Gasteiger partial charge >= 0.3 is 0 Å². The molecular formula is C19H30N2O2. The predicted octanol–water partition coefficient (Wildman–Crippen LogP) is 2.70. The maximum Gasteiger partial charge on any atom is 0.223 e. The van der Waals surface area contributed by atoms with Crippen molar-refractivity contribution in [3.63, 3.8) is 0 Å². The Morgan fingerprint density at radius 3 is 2.39 bits per heavy atom. The van der Waals surface area contributed by atoms with Crippen LogP contribution in [-0.2, 0) is 17.9 Å². The lowest BCUT2D eigenvalue weighted by Crippen LogP contribution is -2.45. The van der Waals surface area contributed by atoms with Crippen LogP contribution in [-0.4, -0.2) is 35.0 Å². The van der Waals surface area contributed by atoms with Gasteiger partial charge in [0, 0.05) is 32.1 Å². The SMILES string of the molecule is CC(C)(C)CC(=O)N1CCC(NCc2ccccc2CO)CC1. The third-order valence-corrected chi connectivity index (χ3v) is 4.40. The monoisotopic (exact) mass is 318 g/mol. The second kappa shape index (κ2) is 7.93. The molecule has 1 aliphatic heterocycles. The Balaban J connectivity index is 1.78. The number of piperidine rings is 1. The molecule has 1 aliphatic rings. The van der Waals surface area contributed by atoms with Crippen molar-refractivity contribution in [3.05, 3.63) is 35.4 Å². The van der Waals surface area contributed by atoms with Crippen LogP contribution in [0.5, 0.6) is 0 Å². The standard InChI is InChI=1S/C19H30N2O2/c1-19(2,3)12-18(23)21-10-8-17(9-11-21)20-13-15-6-4-5-7-16(15)14-22/h4-7,17,20,22H,8-14H2,1-3H3. The molecule has 1 aromatic rings. The number of carbonyl (C=O) groups excluding carboxylic acids is 1. The number of hydrogen-bond donors (Lipinski definition) is 2. The van der Waals surface area contributed by atoms with Gasteiger partial charge in [-0.1, -0.05) is 45.0 Å². The quantitative estimate of drug-likeness (QED) is 0.877. The molecule has 2 N–H and O–H groups in total.